The van der Waals surface area contributed by atoms with Crippen molar-refractivity contribution in [3.63, 3.8) is 0 Å². The van der Waals surface area contributed by atoms with Crippen LogP contribution >= 0.6 is 0 Å². The lowest BCUT2D eigenvalue weighted by Crippen LogP contribution is -2.35. The lowest BCUT2D eigenvalue weighted by molar-refractivity contribution is 0.263. The molecule has 118 valence electrons. The van der Waals surface area contributed by atoms with Gasteiger partial charge in [0.15, 0.2) is 0 Å². The van der Waals surface area contributed by atoms with E-state index in [1.165, 1.54) is 0 Å². The highest BCUT2D eigenvalue weighted by Gasteiger charge is 2.37. The molecule has 0 radical (unpaired) electrons. The molecule has 0 saturated carbocycles. The normalized spacial score (nSPS) is 25.4. The summed E-state index contributed by atoms with van der Waals surface area (Å²) in [7, 11) is 0.575. The topological polar surface area (TPSA) is 66.6 Å². The zero-order valence-corrected chi connectivity index (χ0v) is 14.0. The highest BCUT2D eigenvalue weighted by atomic mass is 32.2. The summed E-state index contributed by atoms with van der Waals surface area (Å²) in [6.07, 6.45) is 0. The molecule has 0 aliphatic carbocycles. The molecule has 0 spiro atoms. The van der Waals surface area contributed by atoms with Crippen LogP contribution in [0.5, 0.6) is 0 Å². The van der Waals surface area contributed by atoms with Crippen molar-refractivity contribution >= 4 is 10.0 Å². The third-order valence-electron chi connectivity index (χ3n) is 4.25. The van der Waals surface area contributed by atoms with Gasteiger partial charge >= 0.3 is 0 Å². The maximum atomic E-state index is 12.7. The SMILES string of the molecule is CC(N)c1ccc(S(=O)(=O)N2CC(C)C(N(C)C)C2)cc1. The van der Waals surface area contributed by atoms with Crippen LogP contribution in [0.3, 0.4) is 0 Å². The van der Waals surface area contributed by atoms with E-state index < -0.39 is 10.0 Å². The average Bonchev–Trinajstić information content (AvgIpc) is 2.82. The van der Waals surface area contributed by atoms with Gasteiger partial charge < -0.3 is 10.6 Å². The summed E-state index contributed by atoms with van der Waals surface area (Å²) in [5, 5.41) is 0. The molecule has 1 fully saturated rings. The third-order valence-corrected chi connectivity index (χ3v) is 6.09. The molecule has 3 atom stereocenters. The molecule has 21 heavy (non-hydrogen) atoms. The van der Waals surface area contributed by atoms with E-state index in [9.17, 15) is 8.42 Å². The van der Waals surface area contributed by atoms with Crippen LogP contribution in [0.15, 0.2) is 29.2 Å². The molecule has 1 aliphatic rings. The zero-order chi connectivity index (χ0) is 15.8. The van der Waals surface area contributed by atoms with Crippen LogP contribution in [0.1, 0.15) is 25.5 Å². The summed E-state index contributed by atoms with van der Waals surface area (Å²) >= 11 is 0. The van der Waals surface area contributed by atoms with Gasteiger partial charge in [-0.05, 0) is 44.6 Å². The number of sulfonamides is 1. The summed E-state index contributed by atoms with van der Waals surface area (Å²) in [5.41, 5.74) is 6.74. The lowest BCUT2D eigenvalue weighted by atomic mass is 10.1. The first-order chi connectivity index (χ1) is 9.73. The van der Waals surface area contributed by atoms with Gasteiger partial charge in [-0.2, -0.15) is 4.31 Å². The highest BCUT2D eigenvalue weighted by molar-refractivity contribution is 7.89. The molecule has 0 amide bonds. The molecular formula is C15H25N3O2S. The quantitative estimate of drug-likeness (QED) is 0.909. The maximum Gasteiger partial charge on any atom is 0.243 e. The Hall–Kier alpha value is -0.950. The predicted molar refractivity (Wildman–Crippen MR) is 84.4 cm³/mol. The fourth-order valence-electron chi connectivity index (χ4n) is 2.87. The second-order valence-corrected chi connectivity index (χ2v) is 8.13. The molecule has 1 aromatic carbocycles. The van der Waals surface area contributed by atoms with E-state index in [4.69, 9.17) is 5.73 Å². The van der Waals surface area contributed by atoms with Crippen LogP contribution in [0.4, 0.5) is 0 Å². The first-order valence-electron chi connectivity index (χ1n) is 7.25. The zero-order valence-electron chi connectivity index (χ0n) is 13.2. The molecule has 1 aromatic rings. The van der Waals surface area contributed by atoms with Gasteiger partial charge in [0.05, 0.1) is 4.90 Å². The van der Waals surface area contributed by atoms with Crippen molar-refractivity contribution in [1.29, 1.82) is 0 Å². The van der Waals surface area contributed by atoms with E-state index >= 15 is 0 Å². The van der Waals surface area contributed by atoms with Gasteiger partial charge in [-0.1, -0.05) is 19.1 Å². The Kier molecular flexibility index (Phi) is 4.72. The van der Waals surface area contributed by atoms with Gasteiger partial charge in [0.1, 0.15) is 0 Å². The van der Waals surface area contributed by atoms with Gasteiger partial charge in [-0.15, -0.1) is 0 Å². The first-order valence-corrected chi connectivity index (χ1v) is 8.69. The second kappa shape index (κ2) is 6.04. The monoisotopic (exact) mass is 311 g/mol. The largest absolute Gasteiger partial charge is 0.324 e. The number of hydrogen-bond acceptors (Lipinski definition) is 4. The number of benzene rings is 1. The fraction of sp³-hybridized carbons (Fsp3) is 0.600. The van der Waals surface area contributed by atoms with Crippen LogP contribution in [0.2, 0.25) is 0 Å². The molecule has 5 nitrogen and oxygen atoms in total. The van der Waals surface area contributed by atoms with E-state index in [2.05, 4.69) is 11.8 Å². The van der Waals surface area contributed by atoms with Crippen LogP contribution in [-0.4, -0.2) is 50.8 Å². The number of likely N-dealkylation sites (N-methyl/N-ethyl adjacent to an activating group) is 1. The van der Waals surface area contributed by atoms with Crippen molar-refractivity contribution in [1.82, 2.24) is 9.21 Å². The van der Waals surface area contributed by atoms with E-state index in [0.29, 0.717) is 23.9 Å². The van der Waals surface area contributed by atoms with Crippen molar-refractivity contribution in [2.75, 3.05) is 27.2 Å². The van der Waals surface area contributed by atoms with Gasteiger partial charge in [-0.3, -0.25) is 0 Å². The summed E-state index contributed by atoms with van der Waals surface area (Å²) in [4.78, 5) is 2.44. The molecular weight excluding hydrogens is 286 g/mol. The van der Waals surface area contributed by atoms with E-state index in [1.807, 2.05) is 21.0 Å². The number of nitrogens with zero attached hydrogens (tertiary/aromatic N) is 2. The standard InChI is InChI=1S/C15H25N3O2S/c1-11-9-18(10-15(11)17(3)4)21(19,20)14-7-5-13(6-8-14)12(2)16/h5-8,11-12,15H,9-10,16H2,1-4H3. The van der Waals surface area contributed by atoms with Gasteiger partial charge in [-0.25, -0.2) is 8.42 Å². The van der Waals surface area contributed by atoms with E-state index in [-0.39, 0.29) is 12.1 Å². The van der Waals surface area contributed by atoms with E-state index in [1.54, 1.807) is 28.6 Å². The Labute approximate surface area is 127 Å². The summed E-state index contributed by atoms with van der Waals surface area (Å²) in [6.45, 7) is 5.10. The molecule has 6 heteroatoms. The summed E-state index contributed by atoms with van der Waals surface area (Å²) < 4.78 is 27.0. The molecule has 0 aromatic heterocycles. The third kappa shape index (κ3) is 3.29. The van der Waals surface area contributed by atoms with Crippen molar-refractivity contribution in [3.05, 3.63) is 29.8 Å². The molecule has 2 rings (SSSR count). The molecule has 0 bridgehead atoms. The maximum absolute atomic E-state index is 12.7. The smallest absolute Gasteiger partial charge is 0.243 e. The van der Waals surface area contributed by atoms with Crippen LogP contribution in [-0.2, 0) is 10.0 Å². The van der Waals surface area contributed by atoms with Crippen molar-refractivity contribution in [2.24, 2.45) is 11.7 Å². The van der Waals surface area contributed by atoms with Crippen LogP contribution < -0.4 is 5.73 Å². The van der Waals surface area contributed by atoms with Crippen LogP contribution in [0.25, 0.3) is 0 Å². The highest BCUT2D eigenvalue weighted by Crippen LogP contribution is 2.27. The first kappa shape index (κ1) is 16.4. The van der Waals surface area contributed by atoms with Crippen LogP contribution in [0, 0.1) is 5.92 Å². The average molecular weight is 311 g/mol. The predicted octanol–water partition coefficient (Wildman–Crippen LogP) is 1.28. The molecule has 3 unspecified atom stereocenters. The molecule has 1 aliphatic heterocycles. The number of rotatable bonds is 4. The minimum Gasteiger partial charge on any atom is -0.324 e. The molecule has 1 heterocycles. The number of hydrogen-bond donors (Lipinski definition) is 1. The molecule has 1 saturated heterocycles. The molecule has 2 N–H and O–H groups in total. The van der Waals surface area contributed by atoms with Gasteiger partial charge in [0, 0.05) is 25.2 Å². The fourth-order valence-corrected chi connectivity index (χ4v) is 4.43. The Bertz CT molecular complexity index is 581. The minimum atomic E-state index is -3.41. The lowest BCUT2D eigenvalue weighted by Gasteiger charge is -2.22. The summed E-state index contributed by atoms with van der Waals surface area (Å²) in [6, 6.07) is 7.07. The minimum absolute atomic E-state index is 0.0910. The second-order valence-electron chi connectivity index (χ2n) is 6.19. The van der Waals surface area contributed by atoms with Gasteiger partial charge in [0.25, 0.3) is 0 Å². The Morgan fingerprint density at radius 1 is 1.24 bits per heavy atom. The summed E-state index contributed by atoms with van der Waals surface area (Å²) in [5.74, 6) is 0.332. The van der Waals surface area contributed by atoms with Gasteiger partial charge in [0.2, 0.25) is 10.0 Å². The van der Waals surface area contributed by atoms with Crippen molar-refractivity contribution in [3.8, 4) is 0 Å². The van der Waals surface area contributed by atoms with Crippen molar-refractivity contribution in [2.45, 2.75) is 30.8 Å². The Morgan fingerprint density at radius 2 is 1.81 bits per heavy atom. The number of nitrogens with two attached hydrogens (primary N) is 1. The van der Waals surface area contributed by atoms with E-state index in [0.717, 1.165) is 5.56 Å². The Balaban J connectivity index is 2.23. The van der Waals surface area contributed by atoms with Crippen molar-refractivity contribution < 1.29 is 8.42 Å². The Morgan fingerprint density at radius 3 is 2.24 bits per heavy atom.